The van der Waals surface area contributed by atoms with Gasteiger partial charge in [-0.25, -0.2) is 0 Å². The highest BCUT2D eigenvalue weighted by atomic mass is 15.2. The van der Waals surface area contributed by atoms with Gasteiger partial charge in [0.15, 0.2) is 0 Å². The Morgan fingerprint density at radius 2 is 1.60 bits per heavy atom. The Bertz CT molecular complexity index is 670. The first-order valence-electron chi connectivity index (χ1n) is 9.61. The van der Waals surface area contributed by atoms with Gasteiger partial charge in [-0.05, 0) is 49.3 Å². The molecular formula is C24H31N. The number of nitrogens with zero attached hydrogens (tertiary/aromatic N) is 1. The van der Waals surface area contributed by atoms with Gasteiger partial charge in [0.25, 0.3) is 0 Å². The Labute approximate surface area is 153 Å². The van der Waals surface area contributed by atoms with Gasteiger partial charge in [0.1, 0.15) is 0 Å². The average molecular weight is 334 g/mol. The summed E-state index contributed by atoms with van der Waals surface area (Å²) in [4.78, 5) is 2.62. The maximum absolute atomic E-state index is 2.62. The molecule has 3 rings (SSSR count). The molecule has 0 heterocycles. The van der Waals surface area contributed by atoms with Crippen molar-refractivity contribution in [3.05, 3.63) is 77.9 Å². The molecule has 1 fully saturated rings. The molecule has 1 aliphatic carbocycles. The van der Waals surface area contributed by atoms with Crippen LogP contribution in [0.4, 0.5) is 0 Å². The molecule has 1 unspecified atom stereocenters. The number of hydrogen-bond donors (Lipinski definition) is 0. The van der Waals surface area contributed by atoms with Gasteiger partial charge in [0.05, 0.1) is 5.54 Å². The van der Waals surface area contributed by atoms with E-state index in [4.69, 9.17) is 0 Å². The molecule has 0 spiro atoms. The highest BCUT2D eigenvalue weighted by Crippen LogP contribution is 2.42. The molecule has 1 atom stereocenters. The molecular weight excluding hydrogens is 302 g/mol. The van der Waals surface area contributed by atoms with Gasteiger partial charge >= 0.3 is 0 Å². The van der Waals surface area contributed by atoms with Crippen molar-refractivity contribution in [1.82, 2.24) is 4.90 Å². The minimum absolute atomic E-state index is 0.0507. The highest BCUT2D eigenvalue weighted by molar-refractivity contribution is 5.49. The van der Waals surface area contributed by atoms with E-state index in [-0.39, 0.29) is 5.54 Å². The smallest absolute Gasteiger partial charge is 0.0515 e. The van der Waals surface area contributed by atoms with E-state index in [2.05, 4.69) is 98.6 Å². The van der Waals surface area contributed by atoms with Gasteiger partial charge in [-0.15, -0.1) is 0 Å². The van der Waals surface area contributed by atoms with Crippen LogP contribution >= 0.6 is 0 Å². The van der Waals surface area contributed by atoms with Crippen LogP contribution < -0.4 is 0 Å². The van der Waals surface area contributed by atoms with E-state index >= 15 is 0 Å². The summed E-state index contributed by atoms with van der Waals surface area (Å²) in [5, 5.41) is 0. The van der Waals surface area contributed by atoms with E-state index in [1.807, 2.05) is 0 Å². The van der Waals surface area contributed by atoms with Gasteiger partial charge in [-0.3, -0.25) is 4.90 Å². The summed E-state index contributed by atoms with van der Waals surface area (Å²) in [6, 6.07) is 21.7. The summed E-state index contributed by atoms with van der Waals surface area (Å²) in [6.45, 7) is 5.94. The molecule has 2 aromatic carbocycles. The molecule has 1 aliphatic rings. The van der Waals surface area contributed by atoms with Gasteiger partial charge in [-0.1, -0.05) is 86.7 Å². The fourth-order valence-electron chi connectivity index (χ4n) is 4.02. The average Bonchev–Trinajstić information content (AvgIpc) is 3.44. The molecule has 1 saturated carbocycles. The second-order valence-electron chi connectivity index (χ2n) is 7.79. The number of hydrogen-bond acceptors (Lipinski definition) is 1. The maximum atomic E-state index is 2.62. The van der Waals surface area contributed by atoms with Crippen LogP contribution in [0.2, 0.25) is 0 Å². The van der Waals surface area contributed by atoms with Crippen LogP contribution in [0.25, 0.3) is 6.08 Å². The molecule has 0 amide bonds. The lowest BCUT2D eigenvalue weighted by atomic mass is 9.75. The van der Waals surface area contributed by atoms with E-state index < -0.39 is 0 Å². The molecule has 132 valence electrons. The molecule has 2 aromatic rings. The first-order valence-corrected chi connectivity index (χ1v) is 9.61. The first kappa shape index (κ1) is 17.9. The predicted octanol–water partition coefficient (Wildman–Crippen LogP) is 5.98. The van der Waals surface area contributed by atoms with Crippen LogP contribution in [0.3, 0.4) is 0 Å². The Morgan fingerprint density at radius 1 is 1.00 bits per heavy atom. The van der Waals surface area contributed by atoms with E-state index in [0.717, 1.165) is 12.3 Å². The second kappa shape index (κ2) is 8.01. The third-order valence-corrected chi connectivity index (χ3v) is 5.68. The van der Waals surface area contributed by atoms with Crippen LogP contribution in [0.1, 0.15) is 44.2 Å². The summed E-state index contributed by atoms with van der Waals surface area (Å²) in [7, 11) is 2.32. The molecule has 1 heteroatoms. The Hall–Kier alpha value is -1.86. The van der Waals surface area contributed by atoms with Crippen molar-refractivity contribution < 1.29 is 0 Å². The van der Waals surface area contributed by atoms with E-state index in [9.17, 15) is 0 Å². The zero-order valence-corrected chi connectivity index (χ0v) is 15.9. The largest absolute Gasteiger partial charge is 0.296 e. The lowest BCUT2D eigenvalue weighted by Gasteiger charge is -2.46. The van der Waals surface area contributed by atoms with E-state index in [0.29, 0.717) is 5.92 Å². The molecule has 25 heavy (non-hydrogen) atoms. The predicted molar refractivity (Wildman–Crippen MR) is 108 cm³/mol. The standard InChI is InChI=1S/C24H31N/c1-20(2)24(23-14-8-5-9-15-23,25(3)19-22-16-17-22)18-10-13-21-11-6-4-7-12-21/h4-15,20,22H,16-19H2,1-3H3. The van der Waals surface area contributed by atoms with Crippen molar-refractivity contribution in [2.75, 3.05) is 13.6 Å². The Kier molecular flexibility index (Phi) is 5.75. The maximum Gasteiger partial charge on any atom is 0.0515 e. The van der Waals surface area contributed by atoms with Crippen LogP contribution in [0, 0.1) is 11.8 Å². The molecule has 0 bridgehead atoms. The highest BCUT2D eigenvalue weighted by Gasteiger charge is 2.40. The minimum Gasteiger partial charge on any atom is -0.296 e. The third-order valence-electron chi connectivity index (χ3n) is 5.68. The summed E-state index contributed by atoms with van der Waals surface area (Å²) in [5.41, 5.74) is 2.76. The van der Waals surface area contributed by atoms with Crippen LogP contribution in [-0.2, 0) is 5.54 Å². The fourth-order valence-corrected chi connectivity index (χ4v) is 4.02. The minimum atomic E-state index is 0.0507. The normalized spacial score (nSPS) is 17.3. The number of benzene rings is 2. The van der Waals surface area contributed by atoms with E-state index in [1.165, 1.54) is 30.5 Å². The molecule has 0 N–H and O–H groups in total. The van der Waals surface area contributed by atoms with Crippen LogP contribution in [0.5, 0.6) is 0 Å². The lowest BCUT2D eigenvalue weighted by Crippen LogP contribution is -2.48. The summed E-state index contributed by atoms with van der Waals surface area (Å²) in [5.74, 6) is 1.43. The fraction of sp³-hybridized carbons (Fsp3) is 0.417. The Morgan fingerprint density at radius 3 is 2.16 bits per heavy atom. The quantitative estimate of drug-likeness (QED) is 0.574. The van der Waals surface area contributed by atoms with E-state index in [1.54, 1.807) is 0 Å². The van der Waals surface area contributed by atoms with Crippen molar-refractivity contribution in [2.45, 2.75) is 38.6 Å². The van der Waals surface area contributed by atoms with Gasteiger partial charge < -0.3 is 0 Å². The van der Waals surface area contributed by atoms with Crippen LogP contribution in [0.15, 0.2) is 66.7 Å². The second-order valence-corrected chi connectivity index (χ2v) is 7.79. The zero-order valence-electron chi connectivity index (χ0n) is 15.9. The molecule has 1 nitrogen and oxygen atoms in total. The van der Waals surface area contributed by atoms with Crippen LogP contribution in [-0.4, -0.2) is 18.5 Å². The monoisotopic (exact) mass is 333 g/mol. The molecule has 0 radical (unpaired) electrons. The van der Waals surface area contributed by atoms with Gasteiger partial charge in [-0.2, -0.15) is 0 Å². The Balaban J connectivity index is 1.90. The van der Waals surface area contributed by atoms with Crippen molar-refractivity contribution in [3.8, 4) is 0 Å². The lowest BCUT2D eigenvalue weighted by molar-refractivity contribution is 0.0639. The SMILES string of the molecule is CC(C)C(CC=Cc1ccccc1)(c1ccccc1)N(C)CC1CC1. The van der Waals surface area contributed by atoms with Gasteiger partial charge in [0.2, 0.25) is 0 Å². The summed E-state index contributed by atoms with van der Waals surface area (Å²) >= 11 is 0. The molecule has 0 aromatic heterocycles. The third kappa shape index (κ3) is 4.22. The summed E-state index contributed by atoms with van der Waals surface area (Å²) < 4.78 is 0. The zero-order chi connectivity index (χ0) is 17.7. The van der Waals surface area contributed by atoms with Gasteiger partial charge in [0, 0.05) is 6.54 Å². The van der Waals surface area contributed by atoms with Crippen molar-refractivity contribution >= 4 is 6.08 Å². The molecule has 0 aliphatic heterocycles. The first-order chi connectivity index (χ1) is 12.1. The summed E-state index contributed by atoms with van der Waals surface area (Å²) in [6.07, 6.45) is 8.46. The molecule has 0 saturated heterocycles. The number of rotatable bonds is 8. The van der Waals surface area contributed by atoms with Crippen molar-refractivity contribution in [2.24, 2.45) is 11.8 Å². The topological polar surface area (TPSA) is 3.24 Å². The van der Waals surface area contributed by atoms with Crippen molar-refractivity contribution in [3.63, 3.8) is 0 Å². The van der Waals surface area contributed by atoms with Crippen molar-refractivity contribution in [1.29, 1.82) is 0 Å².